The Morgan fingerprint density at radius 2 is 2.24 bits per heavy atom. The SMILES string of the molecule is Cc1cn(C2CC3COCC3O2)c(=O)[nH]c1=O. The molecular formula is C11H14N2O4. The Balaban J connectivity index is 1.93. The number of H-pyrrole nitrogens is 1. The third-order valence-electron chi connectivity index (χ3n) is 3.43. The van der Waals surface area contributed by atoms with E-state index in [1.807, 2.05) is 0 Å². The van der Waals surface area contributed by atoms with E-state index in [0.29, 0.717) is 24.7 Å². The lowest BCUT2D eigenvalue weighted by Gasteiger charge is -2.15. The molecule has 2 aliphatic rings. The van der Waals surface area contributed by atoms with E-state index in [2.05, 4.69) is 4.98 Å². The molecule has 6 heteroatoms. The number of aryl methyl sites for hydroxylation is 1. The van der Waals surface area contributed by atoms with E-state index in [0.717, 1.165) is 6.42 Å². The van der Waals surface area contributed by atoms with Crippen molar-refractivity contribution in [2.75, 3.05) is 13.2 Å². The first-order chi connectivity index (χ1) is 8.15. The summed E-state index contributed by atoms with van der Waals surface area (Å²) in [6.07, 6.45) is 2.13. The number of aromatic nitrogens is 2. The number of aromatic amines is 1. The van der Waals surface area contributed by atoms with Crippen LogP contribution < -0.4 is 11.2 Å². The van der Waals surface area contributed by atoms with Crippen molar-refractivity contribution in [2.24, 2.45) is 5.92 Å². The standard InChI is InChI=1S/C11H14N2O4/c1-6-3-13(11(15)12-10(6)14)9-2-7-4-16-5-8(7)17-9/h3,7-9H,2,4-5H2,1H3,(H,12,14,15). The molecule has 17 heavy (non-hydrogen) atoms. The van der Waals surface area contributed by atoms with Crippen molar-refractivity contribution in [3.63, 3.8) is 0 Å². The van der Waals surface area contributed by atoms with Crippen LogP contribution in [-0.4, -0.2) is 28.9 Å². The maximum absolute atomic E-state index is 11.7. The zero-order valence-electron chi connectivity index (χ0n) is 9.51. The van der Waals surface area contributed by atoms with E-state index < -0.39 is 5.69 Å². The van der Waals surface area contributed by atoms with Gasteiger partial charge < -0.3 is 9.47 Å². The molecule has 0 saturated carbocycles. The quantitative estimate of drug-likeness (QED) is 0.734. The number of nitrogens with zero attached hydrogens (tertiary/aromatic N) is 1. The molecule has 0 amide bonds. The van der Waals surface area contributed by atoms with Crippen LogP contribution in [0.25, 0.3) is 0 Å². The third-order valence-corrected chi connectivity index (χ3v) is 3.43. The van der Waals surface area contributed by atoms with E-state index in [1.165, 1.54) is 4.57 Å². The lowest BCUT2D eigenvalue weighted by Crippen LogP contribution is -2.33. The summed E-state index contributed by atoms with van der Waals surface area (Å²) in [5, 5.41) is 0. The second kappa shape index (κ2) is 3.82. The van der Waals surface area contributed by atoms with Crippen molar-refractivity contribution < 1.29 is 9.47 Å². The molecule has 0 aliphatic carbocycles. The average molecular weight is 238 g/mol. The van der Waals surface area contributed by atoms with Gasteiger partial charge in [0.1, 0.15) is 6.23 Å². The van der Waals surface area contributed by atoms with Crippen LogP contribution >= 0.6 is 0 Å². The van der Waals surface area contributed by atoms with Crippen molar-refractivity contribution in [1.82, 2.24) is 9.55 Å². The van der Waals surface area contributed by atoms with Gasteiger partial charge in [0.05, 0.1) is 19.3 Å². The molecule has 0 aromatic carbocycles. The van der Waals surface area contributed by atoms with Gasteiger partial charge in [0, 0.05) is 24.1 Å². The highest BCUT2D eigenvalue weighted by Crippen LogP contribution is 2.36. The van der Waals surface area contributed by atoms with Gasteiger partial charge in [-0.3, -0.25) is 14.3 Å². The highest BCUT2D eigenvalue weighted by molar-refractivity contribution is 5.02. The normalized spacial score (nSPS) is 31.7. The van der Waals surface area contributed by atoms with Crippen molar-refractivity contribution >= 4 is 0 Å². The van der Waals surface area contributed by atoms with Crippen LogP contribution in [0.15, 0.2) is 15.8 Å². The Morgan fingerprint density at radius 3 is 3.00 bits per heavy atom. The summed E-state index contributed by atoms with van der Waals surface area (Å²) in [6.45, 7) is 2.96. The molecule has 6 nitrogen and oxygen atoms in total. The van der Waals surface area contributed by atoms with Crippen molar-refractivity contribution in [1.29, 1.82) is 0 Å². The van der Waals surface area contributed by atoms with Gasteiger partial charge in [-0.1, -0.05) is 0 Å². The Labute approximate surface area is 97.2 Å². The molecule has 2 saturated heterocycles. The van der Waals surface area contributed by atoms with Crippen molar-refractivity contribution in [3.8, 4) is 0 Å². The molecule has 3 rings (SSSR count). The van der Waals surface area contributed by atoms with Crippen LogP contribution in [0, 0.1) is 12.8 Å². The maximum atomic E-state index is 11.7. The third kappa shape index (κ3) is 1.73. The lowest BCUT2D eigenvalue weighted by atomic mass is 10.1. The fourth-order valence-corrected chi connectivity index (χ4v) is 2.44. The van der Waals surface area contributed by atoms with Gasteiger partial charge in [0.2, 0.25) is 0 Å². The first kappa shape index (κ1) is 10.7. The number of nitrogens with one attached hydrogen (secondary N) is 1. The summed E-state index contributed by atoms with van der Waals surface area (Å²) in [7, 11) is 0. The molecule has 92 valence electrons. The van der Waals surface area contributed by atoms with Crippen LogP contribution in [0.2, 0.25) is 0 Å². The van der Waals surface area contributed by atoms with Crippen molar-refractivity contribution in [3.05, 3.63) is 32.6 Å². The predicted octanol–water partition coefficient (Wildman–Crippen LogP) is -0.221. The van der Waals surface area contributed by atoms with Gasteiger partial charge >= 0.3 is 5.69 Å². The molecule has 0 bridgehead atoms. The minimum absolute atomic E-state index is 0.0825. The molecule has 1 aromatic heterocycles. The molecule has 3 unspecified atom stereocenters. The first-order valence-corrected chi connectivity index (χ1v) is 5.70. The molecule has 3 atom stereocenters. The van der Waals surface area contributed by atoms with Gasteiger partial charge in [0.15, 0.2) is 0 Å². The number of hydrogen-bond acceptors (Lipinski definition) is 4. The van der Waals surface area contributed by atoms with E-state index >= 15 is 0 Å². The topological polar surface area (TPSA) is 73.3 Å². The molecule has 0 radical (unpaired) electrons. The fourth-order valence-electron chi connectivity index (χ4n) is 2.44. The number of rotatable bonds is 1. The summed E-state index contributed by atoms with van der Waals surface area (Å²) in [6, 6.07) is 0. The average Bonchev–Trinajstić information content (AvgIpc) is 2.83. The van der Waals surface area contributed by atoms with Crippen LogP contribution in [0.1, 0.15) is 18.2 Å². The molecule has 2 aliphatic heterocycles. The van der Waals surface area contributed by atoms with Gasteiger partial charge in [-0.05, 0) is 6.92 Å². The second-order valence-electron chi connectivity index (χ2n) is 4.64. The monoisotopic (exact) mass is 238 g/mol. The molecular weight excluding hydrogens is 224 g/mol. The van der Waals surface area contributed by atoms with Gasteiger partial charge in [-0.25, -0.2) is 4.79 Å². The summed E-state index contributed by atoms with van der Waals surface area (Å²) in [5.41, 5.74) is -0.235. The Morgan fingerprint density at radius 1 is 1.41 bits per heavy atom. The first-order valence-electron chi connectivity index (χ1n) is 5.70. The number of ether oxygens (including phenoxy) is 2. The Kier molecular flexibility index (Phi) is 2.41. The fraction of sp³-hybridized carbons (Fsp3) is 0.636. The highest BCUT2D eigenvalue weighted by Gasteiger charge is 2.40. The molecule has 3 heterocycles. The largest absolute Gasteiger partial charge is 0.378 e. The second-order valence-corrected chi connectivity index (χ2v) is 4.64. The summed E-state index contributed by atoms with van der Waals surface area (Å²) in [4.78, 5) is 25.3. The molecule has 1 aromatic rings. The highest BCUT2D eigenvalue weighted by atomic mass is 16.6. The maximum Gasteiger partial charge on any atom is 0.330 e. The van der Waals surface area contributed by atoms with E-state index in [9.17, 15) is 9.59 Å². The van der Waals surface area contributed by atoms with E-state index in [-0.39, 0.29) is 17.9 Å². The Hall–Kier alpha value is -1.40. The van der Waals surface area contributed by atoms with E-state index in [1.54, 1.807) is 13.1 Å². The van der Waals surface area contributed by atoms with Crippen LogP contribution in [0.3, 0.4) is 0 Å². The summed E-state index contributed by atoms with van der Waals surface area (Å²) < 4.78 is 12.5. The number of fused-ring (bicyclic) bond motifs is 1. The summed E-state index contributed by atoms with van der Waals surface area (Å²) >= 11 is 0. The van der Waals surface area contributed by atoms with Gasteiger partial charge in [0.25, 0.3) is 5.56 Å². The smallest absolute Gasteiger partial charge is 0.330 e. The van der Waals surface area contributed by atoms with E-state index in [4.69, 9.17) is 9.47 Å². The molecule has 2 fully saturated rings. The molecule has 0 spiro atoms. The van der Waals surface area contributed by atoms with Gasteiger partial charge in [-0.2, -0.15) is 0 Å². The predicted molar refractivity (Wildman–Crippen MR) is 58.9 cm³/mol. The van der Waals surface area contributed by atoms with Gasteiger partial charge in [-0.15, -0.1) is 0 Å². The van der Waals surface area contributed by atoms with Crippen molar-refractivity contribution in [2.45, 2.75) is 25.7 Å². The zero-order valence-corrected chi connectivity index (χ0v) is 9.51. The zero-order chi connectivity index (χ0) is 12.0. The minimum Gasteiger partial charge on any atom is -0.378 e. The van der Waals surface area contributed by atoms with Crippen LogP contribution in [0.5, 0.6) is 0 Å². The van der Waals surface area contributed by atoms with Crippen LogP contribution in [-0.2, 0) is 9.47 Å². The van der Waals surface area contributed by atoms with Crippen LogP contribution in [0.4, 0.5) is 0 Å². The lowest BCUT2D eigenvalue weighted by molar-refractivity contribution is -0.0191. The number of hydrogen-bond donors (Lipinski definition) is 1. The minimum atomic E-state index is -0.411. The summed E-state index contributed by atoms with van der Waals surface area (Å²) in [5.74, 6) is 0.360. The molecule has 1 N–H and O–H groups in total. The Bertz CT molecular complexity index is 535.